The number of amides is 1. The zero-order valence-electron chi connectivity index (χ0n) is 13.6. The molecule has 2 rings (SSSR count). The second-order valence-electron chi connectivity index (χ2n) is 6.03. The van der Waals surface area contributed by atoms with Crippen molar-refractivity contribution in [2.24, 2.45) is 0 Å². The lowest BCUT2D eigenvalue weighted by molar-refractivity contribution is 0.0644. The molecular formula is C17H27N3O. The lowest BCUT2D eigenvalue weighted by Gasteiger charge is -2.36. The fourth-order valence-electron chi connectivity index (χ4n) is 3.01. The molecule has 4 nitrogen and oxygen atoms in total. The molecule has 4 heteroatoms. The molecule has 1 aliphatic rings. The fourth-order valence-corrected chi connectivity index (χ4v) is 3.01. The molecule has 0 radical (unpaired) electrons. The van der Waals surface area contributed by atoms with Crippen LogP contribution in [0, 0.1) is 6.92 Å². The Bertz CT molecular complexity index is 501. The van der Waals surface area contributed by atoms with Crippen LogP contribution in [0.4, 0.5) is 5.69 Å². The number of carbonyl (C=O) groups excluding carboxylic acids is 1. The Kier molecular flexibility index (Phi) is 5.23. The molecule has 21 heavy (non-hydrogen) atoms. The van der Waals surface area contributed by atoms with Gasteiger partial charge in [0, 0.05) is 37.4 Å². The first-order chi connectivity index (χ1) is 10.0. The van der Waals surface area contributed by atoms with Crippen LogP contribution in [0.25, 0.3) is 0 Å². The van der Waals surface area contributed by atoms with Crippen LogP contribution in [0.3, 0.4) is 0 Å². The summed E-state index contributed by atoms with van der Waals surface area (Å²) in [5.74, 6) is 0.126. The van der Waals surface area contributed by atoms with E-state index >= 15 is 0 Å². The fraction of sp³-hybridized carbons (Fsp3) is 0.588. The summed E-state index contributed by atoms with van der Waals surface area (Å²) >= 11 is 0. The van der Waals surface area contributed by atoms with E-state index in [4.69, 9.17) is 0 Å². The Balaban J connectivity index is 2.10. The van der Waals surface area contributed by atoms with Crippen molar-refractivity contribution in [3.8, 4) is 0 Å². The second kappa shape index (κ2) is 6.94. The minimum atomic E-state index is 0.126. The van der Waals surface area contributed by atoms with Crippen molar-refractivity contribution in [1.29, 1.82) is 0 Å². The predicted molar refractivity (Wildman–Crippen MR) is 88.0 cm³/mol. The molecule has 1 unspecified atom stereocenters. The molecule has 0 saturated carbocycles. The van der Waals surface area contributed by atoms with Crippen LogP contribution in [-0.2, 0) is 0 Å². The molecule has 0 spiro atoms. The average molecular weight is 289 g/mol. The lowest BCUT2D eigenvalue weighted by atomic mass is 10.0. The predicted octanol–water partition coefficient (Wildman–Crippen LogP) is 2.59. The minimum Gasteiger partial charge on any atom is -0.385 e. The van der Waals surface area contributed by atoms with Gasteiger partial charge in [-0.1, -0.05) is 0 Å². The number of benzene rings is 1. The number of rotatable bonds is 4. The first-order valence-corrected chi connectivity index (χ1v) is 7.83. The normalized spacial score (nSPS) is 19.3. The molecule has 116 valence electrons. The summed E-state index contributed by atoms with van der Waals surface area (Å²) < 4.78 is 0. The highest BCUT2D eigenvalue weighted by Crippen LogP contribution is 2.20. The summed E-state index contributed by atoms with van der Waals surface area (Å²) in [6, 6.07) is 6.25. The van der Waals surface area contributed by atoms with Crippen LogP contribution in [0.15, 0.2) is 18.2 Å². The van der Waals surface area contributed by atoms with Crippen molar-refractivity contribution in [3.05, 3.63) is 29.3 Å². The molecule has 1 aliphatic heterocycles. The van der Waals surface area contributed by atoms with Crippen LogP contribution in [0.1, 0.15) is 35.7 Å². The van der Waals surface area contributed by atoms with Crippen molar-refractivity contribution in [2.45, 2.75) is 32.7 Å². The van der Waals surface area contributed by atoms with Crippen molar-refractivity contribution in [3.63, 3.8) is 0 Å². The van der Waals surface area contributed by atoms with E-state index in [9.17, 15) is 4.79 Å². The maximum Gasteiger partial charge on any atom is 0.253 e. The number of nitrogens with one attached hydrogen (secondary N) is 1. The Hall–Kier alpha value is -1.55. The van der Waals surface area contributed by atoms with Crippen LogP contribution in [0.5, 0.6) is 0 Å². The van der Waals surface area contributed by atoms with E-state index in [-0.39, 0.29) is 5.91 Å². The van der Waals surface area contributed by atoms with Gasteiger partial charge in [-0.05, 0) is 64.0 Å². The quantitative estimate of drug-likeness (QED) is 0.925. The van der Waals surface area contributed by atoms with Gasteiger partial charge in [-0.2, -0.15) is 0 Å². The molecule has 0 aromatic heterocycles. The van der Waals surface area contributed by atoms with Gasteiger partial charge in [-0.15, -0.1) is 0 Å². The number of aryl methyl sites for hydroxylation is 1. The highest BCUT2D eigenvalue weighted by atomic mass is 16.2. The van der Waals surface area contributed by atoms with Crippen molar-refractivity contribution >= 4 is 11.6 Å². The molecule has 0 aliphatic carbocycles. The van der Waals surface area contributed by atoms with Crippen LogP contribution in [-0.4, -0.2) is 55.5 Å². The van der Waals surface area contributed by atoms with Crippen LogP contribution < -0.4 is 5.32 Å². The maximum atomic E-state index is 12.7. The van der Waals surface area contributed by atoms with E-state index in [1.807, 2.05) is 37.1 Å². The number of likely N-dealkylation sites (N-methyl/N-ethyl adjacent to an activating group) is 2. The highest BCUT2D eigenvalue weighted by molar-refractivity contribution is 5.95. The van der Waals surface area contributed by atoms with Gasteiger partial charge in [0.2, 0.25) is 0 Å². The molecule has 1 aromatic rings. The molecule has 1 N–H and O–H groups in total. The summed E-state index contributed by atoms with van der Waals surface area (Å²) in [5, 5.41) is 3.31. The molecule has 1 fully saturated rings. The van der Waals surface area contributed by atoms with Gasteiger partial charge in [-0.25, -0.2) is 0 Å². The van der Waals surface area contributed by atoms with Gasteiger partial charge in [0.15, 0.2) is 0 Å². The third-order valence-corrected chi connectivity index (χ3v) is 4.31. The number of anilines is 1. The van der Waals surface area contributed by atoms with E-state index in [0.717, 1.165) is 49.3 Å². The lowest BCUT2D eigenvalue weighted by Crippen LogP contribution is -2.47. The van der Waals surface area contributed by atoms with E-state index in [1.165, 1.54) is 0 Å². The van der Waals surface area contributed by atoms with Gasteiger partial charge >= 0.3 is 0 Å². The molecule has 0 bridgehead atoms. The standard InChI is InChI=1S/C17H27N3O/c1-5-18-16-9-8-14(11-13(16)2)17(21)20(4)15-7-6-10-19(3)12-15/h8-9,11,15,18H,5-7,10,12H2,1-4H3. The van der Waals surface area contributed by atoms with Crippen molar-refractivity contribution < 1.29 is 4.79 Å². The maximum absolute atomic E-state index is 12.7. The third kappa shape index (κ3) is 3.76. The largest absolute Gasteiger partial charge is 0.385 e. The summed E-state index contributed by atoms with van der Waals surface area (Å²) in [4.78, 5) is 16.9. The van der Waals surface area contributed by atoms with E-state index in [0.29, 0.717) is 6.04 Å². The van der Waals surface area contributed by atoms with Gasteiger partial charge in [0.05, 0.1) is 0 Å². The van der Waals surface area contributed by atoms with Crippen LogP contribution >= 0.6 is 0 Å². The van der Waals surface area contributed by atoms with Crippen molar-refractivity contribution in [2.75, 3.05) is 39.0 Å². The van der Waals surface area contributed by atoms with Crippen molar-refractivity contribution in [1.82, 2.24) is 9.80 Å². The first kappa shape index (κ1) is 15.8. The number of hydrogen-bond donors (Lipinski definition) is 1. The summed E-state index contributed by atoms with van der Waals surface area (Å²) in [6.07, 6.45) is 2.26. The molecule has 1 atom stereocenters. The SMILES string of the molecule is CCNc1ccc(C(=O)N(C)C2CCCN(C)C2)cc1C. The summed E-state index contributed by atoms with van der Waals surface area (Å²) in [6.45, 7) is 7.11. The Labute approximate surface area is 128 Å². The molecular weight excluding hydrogens is 262 g/mol. The van der Waals surface area contributed by atoms with Gasteiger partial charge in [-0.3, -0.25) is 4.79 Å². The smallest absolute Gasteiger partial charge is 0.253 e. The summed E-state index contributed by atoms with van der Waals surface area (Å²) in [7, 11) is 4.06. The van der Waals surface area contributed by atoms with E-state index < -0.39 is 0 Å². The van der Waals surface area contributed by atoms with E-state index in [1.54, 1.807) is 0 Å². The number of likely N-dealkylation sites (tertiary alicyclic amines) is 1. The number of nitrogens with zero attached hydrogens (tertiary/aromatic N) is 2. The first-order valence-electron chi connectivity index (χ1n) is 7.83. The zero-order chi connectivity index (χ0) is 15.4. The van der Waals surface area contributed by atoms with Gasteiger partial charge in [0.25, 0.3) is 5.91 Å². The van der Waals surface area contributed by atoms with Gasteiger partial charge in [0.1, 0.15) is 0 Å². The molecule has 1 aromatic carbocycles. The topological polar surface area (TPSA) is 35.6 Å². The Morgan fingerprint density at radius 2 is 2.24 bits per heavy atom. The molecule has 1 amide bonds. The monoisotopic (exact) mass is 289 g/mol. The third-order valence-electron chi connectivity index (χ3n) is 4.31. The highest BCUT2D eigenvalue weighted by Gasteiger charge is 2.25. The minimum absolute atomic E-state index is 0.126. The van der Waals surface area contributed by atoms with Crippen LogP contribution in [0.2, 0.25) is 0 Å². The molecule has 1 saturated heterocycles. The Morgan fingerprint density at radius 1 is 1.48 bits per heavy atom. The zero-order valence-corrected chi connectivity index (χ0v) is 13.6. The average Bonchev–Trinajstić information content (AvgIpc) is 2.48. The Morgan fingerprint density at radius 3 is 2.86 bits per heavy atom. The van der Waals surface area contributed by atoms with E-state index in [2.05, 4.69) is 24.2 Å². The second-order valence-corrected chi connectivity index (χ2v) is 6.03. The van der Waals surface area contributed by atoms with Gasteiger partial charge < -0.3 is 15.1 Å². The number of hydrogen-bond acceptors (Lipinski definition) is 3. The number of carbonyl (C=O) groups is 1. The summed E-state index contributed by atoms with van der Waals surface area (Å²) in [5.41, 5.74) is 3.01. The molecule has 1 heterocycles. The number of piperidine rings is 1.